The average molecular weight is 599 g/mol. The Balaban J connectivity index is 1.33. The Morgan fingerprint density at radius 2 is 1.77 bits per heavy atom. The number of nitrogens with zero attached hydrogens (tertiary/aromatic N) is 7. The highest BCUT2D eigenvalue weighted by molar-refractivity contribution is 7.91. The number of carbonyl (C=O) groups excluding carboxylic acids is 1. The van der Waals surface area contributed by atoms with Gasteiger partial charge < -0.3 is 9.88 Å². The second kappa shape index (κ2) is 8.76. The quantitative estimate of drug-likeness (QED) is 0.338. The Morgan fingerprint density at radius 3 is 2.47 bits per heavy atom. The predicted octanol–water partition coefficient (Wildman–Crippen LogP) is 3.40. The van der Waals surface area contributed by atoms with Gasteiger partial charge in [0.15, 0.2) is 9.84 Å². The molecule has 12 heteroatoms. The van der Waals surface area contributed by atoms with Gasteiger partial charge in [-0.05, 0) is 43.9 Å². The fourth-order valence-electron chi connectivity index (χ4n) is 7.93. The first kappa shape index (κ1) is 26.6. The van der Waals surface area contributed by atoms with Gasteiger partial charge in [0.2, 0.25) is 5.91 Å². The molecular weight excluding hydrogens is 564 g/mol. The van der Waals surface area contributed by atoms with Crippen LogP contribution in [0.4, 0.5) is 5.69 Å². The Hall–Kier alpha value is -4.03. The molecule has 43 heavy (non-hydrogen) atoms. The van der Waals surface area contributed by atoms with Crippen molar-refractivity contribution in [2.45, 2.75) is 37.1 Å². The number of likely N-dealkylation sites (tertiary alicyclic amines) is 1. The second-order valence-corrected chi connectivity index (χ2v) is 15.0. The van der Waals surface area contributed by atoms with E-state index in [2.05, 4.69) is 45.2 Å². The van der Waals surface area contributed by atoms with E-state index in [4.69, 9.17) is 4.98 Å². The third-order valence-electron chi connectivity index (χ3n) is 10.2. The predicted molar refractivity (Wildman–Crippen MR) is 166 cm³/mol. The first-order valence-corrected chi connectivity index (χ1v) is 16.5. The number of carbonyl (C=O) groups is 1. The maximum atomic E-state index is 14.2. The Kier molecular flexibility index (Phi) is 5.42. The van der Waals surface area contributed by atoms with Crippen molar-refractivity contribution < 1.29 is 13.2 Å². The summed E-state index contributed by atoms with van der Waals surface area (Å²) in [6.07, 6.45) is 9.39. The van der Waals surface area contributed by atoms with E-state index < -0.39 is 20.8 Å². The van der Waals surface area contributed by atoms with Crippen LogP contribution < -0.4 is 4.90 Å². The highest BCUT2D eigenvalue weighted by Crippen LogP contribution is 2.54. The number of hydrogen-bond donors (Lipinski definition) is 1. The van der Waals surface area contributed by atoms with Crippen LogP contribution >= 0.6 is 0 Å². The summed E-state index contributed by atoms with van der Waals surface area (Å²) in [4.78, 5) is 26.8. The zero-order chi connectivity index (χ0) is 29.9. The zero-order valence-corrected chi connectivity index (χ0v) is 25.6. The number of piperidine rings is 1. The minimum atomic E-state index is -3.04. The average Bonchev–Trinajstić information content (AvgIpc) is 3.78. The molecule has 222 valence electrons. The summed E-state index contributed by atoms with van der Waals surface area (Å²) < 4.78 is 28.5. The van der Waals surface area contributed by atoms with E-state index in [1.165, 1.54) is 0 Å². The minimum absolute atomic E-state index is 0.0819. The van der Waals surface area contributed by atoms with E-state index in [-0.39, 0.29) is 17.4 Å². The van der Waals surface area contributed by atoms with Crippen LogP contribution in [0.15, 0.2) is 43.0 Å². The Labute approximate surface area is 249 Å². The molecule has 0 radical (unpaired) electrons. The van der Waals surface area contributed by atoms with Gasteiger partial charge in [-0.3, -0.25) is 19.1 Å². The molecular formula is C31H34N8O3S. The number of hydrogen-bond acceptors (Lipinski definition) is 7. The molecule has 1 unspecified atom stereocenters. The lowest BCUT2D eigenvalue weighted by atomic mass is 9.71. The summed E-state index contributed by atoms with van der Waals surface area (Å²) in [5.41, 5.74) is 6.36. The number of amides is 1. The molecule has 3 aliphatic rings. The number of rotatable bonds is 3. The smallest absolute Gasteiger partial charge is 0.237 e. The topological polar surface area (TPSA) is 122 Å². The van der Waals surface area contributed by atoms with Crippen molar-refractivity contribution in [3.8, 4) is 22.4 Å². The molecule has 11 nitrogen and oxygen atoms in total. The number of nitrogens with one attached hydrogen (secondary N) is 1. The van der Waals surface area contributed by atoms with Gasteiger partial charge >= 0.3 is 0 Å². The molecule has 4 aromatic heterocycles. The first-order valence-electron chi connectivity index (χ1n) is 14.7. The van der Waals surface area contributed by atoms with Crippen molar-refractivity contribution in [3.63, 3.8) is 0 Å². The molecule has 1 N–H and O–H groups in total. The molecule has 7 heterocycles. The normalized spacial score (nSPS) is 23.3. The fraction of sp³-hybridized carbons (Fsp3) is 0.419. The lowest BCUT2D eigenvalue weighted by Gasteiger charge is -2.45. The van der Waals surface area contributed by atoms with Gasteiger partial charge in [-0.1, -0.05) is 6.07 Å². The van der Waals surface area contributed by atoms with Gasteiger partial charge in [-0.2, -0.15) is 10.2 Å². The summed E-state index contributed by atoms with van der Waals surface area (Å²) in [5, 5.41) is 10.9. The molecule has 0 saturated carbocycles. The van der Waals surface area contributed by atoms with Crippen molar-refractivity contribution in [3.05, 3.63) is 48.5 Å². The molecule has 5 aromatic rings. The standard InChI is InChI=1S/C31H34N8O3S/c1-30(9-12-43(41,42)18-30)39-10-7-31(8-11-39)26-23(37(3)29(31)40)16-32-28-25(26)24(27(35-28)21-15-33-36(2)17-21)19-5-6-22-20(13-19)14-34-38(22)4/h5-6,13-17H,7-12,18H2,1-4H3,(H,32,35). The van der Waals surface area contributed by atoms with Crippen LogP contribution in [-0.2, 0) is 34.1 Å². The van der Waals surface area contributed by atoms with E-state index in [1.807, 2.05) is 50.6 Å². The van der Waals surface area contributed by atoms with Crippen molar-refractivity contribution in [2.75, 3.05) is 36.5 Å². The highest BCUT2D eigenvalue weighted by Gasteiger charge is 2.55. The molecule has 1 aromatic carbocycles. The number of anilines is 1. The maximum absolute atomic E-state index is 14.2. The van der Waals surface area contributed by atoms with Crippen LogP contribution in [0.5, 0.6) is 0 Å². The zero-order valence-electron chi connectivity index (χ0n) is 24.8. The fourth-order valence-corrected chi connectivity index (χ4v) is 10.1. The van der Waals surface area contributed by atoms with E-state index in [9.17, 15) is 13.2 Å². The molecule has 0 aliphatic carbocycles. The summed E-state index contributed by atoms with van der Waals surface area (Å²) >= 11 is 0. The summed E-state index contributed by atoms with van der Waals surface area (Å²) in [5.74, 6) is 0.491. The lowest BCUT2D eigenvalue weighted by Crippen LogP contribution is -2.55. The van der Waals surface area contributed by atoms with Gasteiger partial charge in [-0.25, -0.2) is 13.4 Å². The third kappa shape index (κ3) is 3.72. The molecule has 3 aliphatic heterocycles. The number of fused-ring (bicyclic) bond motifs is 5. The molecule has 1 amide bonds. The number of sulfone groups is 1. The second-order valence-electron chi connectivity index (χ2n) is 12.8. The number of aromatic amines is 1. The van der Waals surface area contributed by atoms with E-state index >= 15 is 0 Å². The van der Waals surface area contributed by atoms with Crippen LogP contribution in [0.2, 0.25) is 0 Å². The summed E-state index contributed by atoms with van der Waals surface area (Å²) in [7, 11) is 2.64. The molecule has 1 atom stereocenters. The van der Waals surface area contributed by atoms with Gasteiger partial charge in [0.05, 0.1) is 52.4 Å². The van der Waals surface area contributed by atoms with Crippen LogP contribution in [0.25, 0.3) is 44.3 Å². The largest absolute Gasteiger partial charge is 0.339 e. The molecule has 1 spiro atoms. The maximum Gasteiger partial charge on any atom is 0.237 e. The van der Waals surface area contributed by atoms with Gasteiger partial charge in [0.25, 0.3) is 0 Å². The molecule has 8 rings (SSSR count). The number of aryl methyl sites for hydroxylation is 2. The minimum Gasteiger partial charge on any atom is -0.339 e. The number of likely N-dealkylation sites (N-methyl/N-ethyl adjacent to an activating group) is 1. The number of benzene rings is 1. The van der Waals surface area contributed by atoms with Crippen LogP contribution in [0.1, 0.15) is 31.7 Å². The SMILES string of the molecule is CN1C(=O)C2(CCN(C3(C)CCS(=O)(=O)C3)CC2)c2c1cnc1[nH]c(-c3cnn(C)c3)c(-c3ccc4c(cnn4C)c3)c21. The summed E-state index contributed by atoms with van der Waals surface area (Å²) in [6.45, 7) is 3.38. The van der Waals surface area contributed by atoms with Crippen LogP contribution in [-0.4, -0.2) is 85.9 Å². The van der Waals surface area contributed by atoms with Crippen LogP contribution in [0.3, 0.4) is 0 Å². The molecule has 0 bridgehead atoms. The van der Waals surface area contributed by atoms with Gasteiger partial charge in [0.1, 0.15) is 5.65 Å². The van der Waals surface area contributed by atoms with E-state index in [1.54, 1.807) is 9.58 Å². The van der Waals surface area contributed by atoms with Crippen molar-refractivity contribution in [1.82, 2.24) is 34.4 Å². The highest BCUT2D eigenvalue weighted by atomic mass is 32.2. The Morgan fingerprint density at radius 1 is 0.977 bits per heavy atom. The lowest BCUT2D eigenvalue weighted by molar-refractivity contribution is -0.125. The number of pyridine rings is 1. The molecule has 2 saturated heterocycles. The summed E-state index contributed by atoms with van der Waals surface area (Å²) in [6, 6.07) is 6.35. The van der Waals surface area contributed by atoms with Crippen molar-refractivity contribution in [1.29, 1.82) is 0 Å². The number of H-pyrrole nitrogens is 1. The first-order chi connectivity index (χ1) is 20.5. The number of aromatic nitrogens is 6. The third-order valence-corrected chi connectivity index (χ3v) is 12.1. The molecule has 2 fully saturated rings. The monoisotopic (exact) mass is 598 g/mol. The Bertz CT molecular complexity index is 2080. The van der Waals surface area contributed by atoms with E-state index in [0.29, 0.717) is 32.4 Å². The van der Waals surface area contributed by atoms with Crippen molar-refractivity contribution in [2.24, 2.45) is 14.1 Å². The van der Waals surface area contributed by atoms with Crippen molar-refractivity contribution >= 4 is 43.4 Å². The van der Waals surface area contributed by atoms with E-state index in [0.717, 1.165) is 55.6 Å². The van der Waals surface area contributed by atoms with Gasteiger partial charge in [-0.15, -0.1) is 0 Å². The van der Waals surface area contributed by atoms with Gasteiger partial charge in [0, 0.05) is 73.4 Å². The van der Waals surface area contributed by atoms with Crippen LogP contribution in [0, 0.1) is 0 Å².